The highest BCUT2D eigenvalue weighted by atomic mass is 32.2. The fourth-order valence-electron chi connectivity index (χ4n) is 3.12. The van der Waals surface area contributed by atoms with E-state index in [9.17, 15) is 13.2 Å². The largest absolute Gasteiger partial charge is 0.343 e. The minimum Gasteiger partial charge on any atom is -0.343 e. The zero-order valence-electron chi connectivity index (χ0n) is 17.9. The molecule has 0 spiro atoms. The number of amides is 1. The zero-order valence-corrected chi connectivity index (χ0v) is 19.5. The summed E-state index contributed by atoms with van der Waals surface area (Å²) in [6.45, 7) is 7.06. The van der Waals surface area contributed by atoms with Gasteiger partial charge in [0.05, 0.1) is 10.6 Å². The van der Waals surface area contributed by atoms with Crippen molar-refractivity contribution in [2.24, 2.45) is 0 Å². The molecule has 1 amide bonds. The van der Waals surface area contributed by atoms with Crippen LogP contribution in [0.3, 0.4) is 0 Å². The molecule has 0 atom stereocenters. The molecule has 1 aromatic heterocycles. The lowest BCUT2D eigenvalue weighted by Gasteiger charge is -2.18. The van der Waals surface area contributed by atoms with Crippen LogP contribution in [0.25, 0.3) is 5.69 Å². The van der Waals surface area contributed by atoms with Crippen LogP contribution in [0.2, 0.25) is 0 Å². The number of rotatable bonds is 9. The van der Waals surface area contributed by atoms with Crippen molar-refractivity contribution < 1.29 is 13.2 Å². The van der Waals surface area contributed by atoms with Crippen LogP contribution in [0.4, 0.5) is 0 Å². The second-order valence-electron chi connectivity index (χ2n) is 7.00. The van der Waals surface area contributed by atoms with Crippen LogP contribution in [0, 0.1) is 6.92 Å². The van der Waals surface area contributed by atoms with E-state index in [4.69, 9.17) is 0 Å². The molecule has 9 heteroatoms. The van der Waals surface area contributed by atoms with E-state index in [-0.39, 0.29) is 22.3 Å². The number of nitrogens with zero attached hydrogens (tertiary/aromatic N) is 4. The molecule has 31 heavy (non-hydrogen) atoms. The summed E-state index contributed by atoms with van der Waals surface area (Å²) in [5, 5.41) is 8.87. The third kappa shape index (κ3) is 5.54. The van der Waals surface area contributed by atoms with Crippen molar-refractivity contribution in [1.82, 2.24) is 19.7 Å². The molecule has 0 aliphatic heterocycles. The van der Waals surface area contributed by atoms with Gasteiger partial charge < -0.3 is 4.90 Å². The van der Waals surface area contributed by atoms with Crippen molar-refractivity contribution in [2.45, 2.75) is 36.6 Å². The van der Waals surface area contributed by atoms with Gasteiger partial charge in [-0.25, -0.2) is 8.42 Å². The molecule has 0 N–H and O–H groups in total. The molecule has 0 saturated carbocycles. The normalized spacial score (nSPS) is 11.5. The van der Waals surface area contributed by atoms with Crippen molar-refractivity contribution in [1.29, 1.82) is 0 Å². The van der Waals surface area contributed by atoms with Crippen molar-refractivity contribution >= 4 is 27.5 Å². The van der Waals surface area contributed by atoms with Crippen LogP contribution in [-0.2, 0) is 20.4 Å². The molecule has 0 radical (unpaired) electrons. The molecule has 3 rings (SSSR count). The predicted octanol–water partition coefficient (Wildman–Crippen LogP) is 3.51. The average molecular weight is 459 g/mol. The molecule has 3 aromatic rings. The second-order valence-corrected chi connectivity index (χ2v) is 9.93. The monoisotopic (exact) mass is 458 g/mol. The molecule has 2 aromatic carbocycles. The number of sulfone groups is 1. The summed E-state index contributed by atoms with van der Waals surface area (Å²) in [6, 6.07) is 16.1. The molecule has 0 bridgehead atoms. The van der Waals surface area contributed by atoms with E-state index < -0.39 is 9.84 Å². The van der Waals surface area contributed by atoms with Gasteiger partial charge in [-0.2, -0.15) is 0 Å². The van der Waals surface area contributed by atoms with E-state index in [1.807, 2.05) is 51.1 Å². The Morgan fingerprint density at radius 1 is 1.00 bits per heavy atom. The number of para-hydroxylation sites is 1. The Morgan fingerprint density at radius 3 is 2.26 bits per heavy atom. The van der Waals surface area contributed by atoms with Crippen molar-refractivity contribution in [3.8, 4) is 5.69 Å². The van der Waals surface area contributed by atoms with E-state index in [0.29, 0.717) is 24.1 Å². The number of aromatic nitrogens is 3. The first-order valence-corrected chi connectivity index (χ1v) is 12.7. The first kappa shape index (κ1) is 23.0. The molecule has 1 heterocycles. The number of hydrogen-bond donors (Lipinski definition) is 0. The number of benzene rings is 2. The third-order valence-corrected chi connectivity index (χ3v) is 7.40. The number of carbonyl (C=O) groups excluding carboxylic acids is 1. The van der Waals surface area contributed by atoms with Gasteiger partial charge in [0.25, 0.3) is 0 Å². The van der Waals surface area contributed by atoms with E-state index >= 15 is 0 Å². The highest BCUT2D eigenvalue weighted by Gasteiger charge is 2.23. The Hall–Kier alpha value is -2.65. The summed E-state index contributed by atoms with van der Waals surface area (Å²) in [7, 11) is -3.61. The second kappa shape index (κ2) is 10.1. The maximum absolute atomic E-state index is 13.0. The summed E-state index contributed by atoms with van der Waals surface area (Å²) in [5.74, 6) is 0.232. The summed E-state index contributed by atoms with van der Waals surface area (Å²) in [5.41, 5.74) is 1.74. The molecule has 0 aliphatic carbocycles. The maximum atomic E-state index is 13.0. The molecule has 0 saturated heterocycles. The first-order valence-electron chi connectivity index (χ1n) is 10.1. The summed E-state index contributed by atoms with van der Waals surface area (Å²) < 4.78 is 27.7. The molecule has 0 fully saturated rings. The Kier molecular flexibility index (Phi) is 7.50. The number of thioether (sulfide) groups is 1. The van der Waals surface area contributed by atoms with Gasteiger partial charge in [-0.15, -0.1) is 10.2 Å². The highest BCUT2D eigenvalue weighted by Crippen LogP contribution is 2.25. The Labute approximate surface area is 187 Å². The van der Waals surface area contributed by atoms with Gasteiger partial charge in [0.1, 0.15) is 5.75 Å². The van der Waals surface area contributed by atoms with Gasteiger partial charge in [0.2, 0.25) is 5.91 Å². The lowest BCUT2D eigenvalue weighted by atomic mass is 10.2. The molecule has 164 valence electrons. The Morgan fingerprint density at radius 2 is 1.65 bits per heavy atom. The van der Waals surface area contributed by atoms with Gasteiger partial charge in [-0.05, 0) is 45.0 Å². The van der Waals surface area contributed by atoms with E-state index in [1.54, 1.807) is 33.7 Å². The number of carbonyl (C=O) groups is 1. The maximum Gasteiger partial charge on any atom is 0.233 e. The lowest BCUT2D eigenvalue weighted by Crippen LogP contribution is -2.31. The van der Waals surface area contributed by atoms with Crippen molar-refractivity contribution in [2.75, 3.05) is 18.8 Å². The minimum absolute atomic E-state index is 0.00596. The van der Waals surface area contributed by atoms with Gasteiger partial charge in [-0.1, -0.05) is 47.7 Å². The first-order chi connectivity index (χ1) is 14.9. The third-order valence-electron chi connectivity index (χ3n) is 4.85. The van der Waals surface area contributed by atoms with Crippen LogP contribution in [0.5, 0.6) is 0 Å². The molecule has 0 aliphatic rings. The topological polar surface area (TPSA) is 85.2 Å². The van der Waals surface area contributed by atoms with Crippen molar-refractivity contribution in [3.05, 3.63) is 66.0 Å². The van der Waals surface area contributed by atoms with E-state index in [0.717, 1.165) is 11.3 Å². The smallest absolute Gasteiger partial charge is 0.233 e. The van der Waals surface area contributed by atoms with E-state index in [1.165, 1.54) is 11.8 Å². The average Bonchev–Trinajstić information content (AvgIpc) is 3.15. The molecular weight excluding hydrogens is 432 g/mol. The molecule has 7 nitrogen and oxygen atoms in total. The predicted molar refractivity (Wildman–Crippen MR) is 122 cm³/mol. The molecular formula is C22H26N4O3S2. The standard InChI is InChI=1S/C22H26N4O3S2/c1-4-25(5-2)21(27)15-30-22-24-23-20(26(22)18-9-7-6-8-10-18)16-31(28,29)19-13-11-17(3)12-14-19/h6-14H,4-5,15-16H2,1-3H3. The number of hydrogen-bond acceptors (Lipinski definition) is 6. The summed E-state index contributed by atoms with van der Waals surface area (Å²) in [6.07, 6.45) is 0. The Bertz CT molecular complexity index is 1120. The van der Waals surface area contributed by atoms with Crippen molar-refractivity contribution in [3.63, 3.8) is 0 Å². The van der Waals surface area contributed by atoms with Crippen LogP contribution in [-0.4, -0.2) is 52.8 Å². The highest BCUT2D eigenvalue weighted by molar-refractivity contribution is 7.99. The fourth-order valence-corrected chi connectivity index (χ4v) is 5.23. The minimum atomic E-state index is -3.61. The number of aryl methyl sites for hydroxylation is 1. The van der Waals surface area contributed by atoms with Crippen LogP contribution in [0.1, 0.15) is 25.2 Å². The van der Waals surface area contributed by atoms with Gasteiger partial charge in [0, 0.05) is 18.8 Å². The van der Waals surface area contributed by atoms with Crippen LogP contribution in [0.15, 0.2) is 64.6 Å². The van der Waals surface area contributed by atoms with Gasteiger partial charge in [0.15, 0.2) is 20.8 Å². The Balaban J connectivity index is 1.92. The SMILES string of the molecule is CCN(CC)C(=O)CSc1nnc(CS(=O)(=O)c2ccc(C)cc2)n1-c1ccccc1. The quantitative estimate of drug-likeness (QED) is 0.456. The fraction of sp³-hybridized carbons (Fsp3) is 0.318. The summed E-state index contributed by atoms with van der Waals surface area (Å²) >= 11 is 1.26. The molecule has 0 unspecified atom stereocenters. The van der Waals surface area contributed by atoms with Gasteiger partial charge >= 0.3 is 0 Å². The van der Waals surface area contributed by atoms with Gasteiger partial charge in [-0.3, -0.25) is 9.36 Å². The van der Waals surface area contributed by atoms with Crippen LogP contribution >= 0.6 is 11.8 Å². The summed E-state index contributed by atoms with van der Waals surface area (Å²) in [4.78, 5) is 14.4. The lowest BCUT2D eigenvalue weighted by molar-refractivity contribution is -0.127. The van der Waals surface area contributed by atoms with E-state index in [2.05, 4.69) is 10.2 Å². The van der Waals surface area contributed by atoms with Crippen LogP contribution < -0.4 is 0 Å². The zero-order chi connectivity index (χ0) is 22.4.